The number of H-pyrrole nitrogens is 2. The van der Waals surface area contributed by atoms with Crippen LogP contribution in [0.25, 0.3) is 33.6 Å². The molecule has 1 atom stereocenters. The number of likely N-dealkylation sites (tertiary alicyclic amines) is 1. The molecule has 6 rings (SSSR count). The Labute approximate surface area is 270 Å². The highest BCUT2D eigenvalue weighted by Crippen LogP contribution is 2.41. The van der Waals surface area contributed by atoms with E-state index < -0.39 is 22.8 Å². The second-order valence-corrected chi connectivity index (χ2v) is 14.4. The molecule has 3 heterocycles. The Balaban J connectivity index is 1.11. The van der Waals surface area contributed by atoms with Crippen LogP contribution in [0.3, 0.4) is 0 Å². The summed E-state index contributed by atoms with van der Waals surface area (Å²) in [4.78, 5) is 43.2. The highest BCUT2D eigenvalue weighted by atomic mass is 16.6. The van der Waals surface area contributed by atoms with Gasteiger partial charge in [0.2, 0.25) is 0 Å². The second-order valence-electron chi connectivity index (χ2n) is 14.4. The maximum Gasteiger partial charge on any atom is 0.410 e. The maximum absolute atomic E-state index is 12.8. The van der Waals surface area contributed by atoms with Gasteiger partial charge in [0.05, 0.1) is 29.8 Å². The summed E-state index contributed by atoms with van der Waals surface area (Å²) < 4.78 is 11.1. The number of ether oxygens (including phenoxy) is 2. The van der Waals surface area contributed by atoms with Crippen LogP contribution >= 0.6 is 0 Å². The van der Waals surface area contributed by atoms with Gasteiger partial charge >= 0.3 is 12.2 Å². The summed E-state index contributed by atoms with van der Waals surface area (Å²) in [5.41, 5.74) is 4.43. The van der Waals surface area contributed by atoms with Gasteiger partial charge in [-0.1, -0.05) is 48.5 Å². The van der Waals surface area contributed by atoms with E-state index in [0.29, 0.717) is 6.54 Å². The predicted octanol–water partition coefficient (Wildman–Crippen LogP) is 8.11. The fourth-order valence-corrected chi connectivity index (χ4v) is 6.09. The number of hydrogen-bond acceptors (Lipinski definition) is 6. The zero-order valence-electron chi connectivity index (χ0n) is 27.6. The number of carbonyl (C=O) groups excluding carboxylic acids is 2. The third-order valence-electron chi connectivity index (χ3n) is 8.49. The molecule has 242 valence electrons. The minimum absolute atomic E-state index is 0.118. The predicted molar refractivity (Wildman–Crippen MR) is 177 cm³/mol. The number of aromatic amines is 2. The molecule has 0 radical (unpaired) electrons. The van der Waals surface area contributed by atoms with Crippen molar-refractivity contribution in [1.82, 2.24) is 30.2 Å². The number of alkyl carbamates (subject to hydrolysis) is 1. The Morgan fingerprint density at radius 2 is 1.33 bits per heavy atom. The molecule has 2 aromatic heterocycles. The molecule has 0 bridgehead atoms. The minimum atomic E-state index is -0.559. The molecule has 0 unspecified atom stereocenters. The van der Waals surface area contributed by atoms with E-state index in [9.17, 15) is 9.59 Å². The van der Waals surface area contributed by atoms with Crippen molar-refractivity contribution in [2.24, 2.45) is 0 Å². The number of carbonyl (C=O) groups is 2. The Morgan fingerprint density at radius 3 is 1.87 bits per heavy atom. The lowest BCUT2D eigenvalue weighted by Crippen LogP contribution is -2.52. The van der Waals surface area contributed by atoms with Gasteiger partial charge in [-0.05, 0) is 95.9 Å². The van der Waals surface area contributed by atoms with Crippen molar-refractivity contribution in [3.63, 3.8) is 0 Å². The monoisotopic (exact) mass is 624 g/mol. The SMILES string of the molecule is CC(C)(C)OC(=O)NC1(c2ncc(-c3ccc(-c4ccc(-c5cnc([C@@H]6CCCN6C(=O)OC(C)(C)C)[nH]5)cc4)cc3)[nH]2)CCC1. The van der Waals surface area contributed by atoms with Crippen LogP contribution in [0.2, 0.25) is 0 Å². The van der Waals surface area contributed by atoms with Crippen molar-refractivity contribution in [2.45, 2.75) is 96.4 Å². The van der Waals surface area contributed by atoms with Gasteiger partial charge in [-0.3, -0.25) is 4.90 Å². The number of aromatic nitrogens is 4. The van der Waals surface area contributed by atoms with E-state index in [2.05, 4.69) is 73.8 Å². The second kappa shape index (κ2) is 12.0. The van der Waals surface area contributed by atoms with Crippen LogP contribution in [0.5, 0.6) is 0 Å². The minimum Gasteiger partial charge on any atom is -0.444 e. The van der Waals surface area contributed by atoms with Crippen LogP contribution in [0.4, 0.5) is 9.59 Å². The van der Waals surface area contributed by atoms with Crippen LogP contribution in [-0.4, -0.2) is 54.8 Å². The Kier molecular flexibility index (Phi) is 8.16. The van der Waals surface area contributed by atoms with E-state index >= 15 is 0 Å². The first-order valence-corrected chi connectivity index (χ1v) is 16.1. The fraction of sp³-hybridized carbons (Fsp3) is 0.444. The first kappa shape index (κ1) is 31.4. The molecule has 4 aromatic rings. The molecule has 2 aliphatic rings. The largest absolute Gasteiger partial charge is 0.444 e. The molecule has 3 N–H and O–H groups in total. The van der Waals surface area contributed by atoms with Gasteiger partial charge in [-0.2, -0.15) is 0 Å². The van der Waals surface area contributed by atoms with Crippen LogP contribution < -0.4 is 5.32 Å². The van der Waals surface area contributed by atoms with Crippen LogP contribution in [0.15, 0.2) is 60.9 Å². The van der Waals surface area contributed by atoms with Gasteiger partial charge in [0.15, 0.2) is 0 Å². The van der Waals surface area contributed by atoms with E-state index in [0.717, 1.165) is 77.4 Å². The Hall–Kier alpha value is -4.60. The van der Waals surface area contributed by atoms with Crippen molar-refractivity contribution >= 4 is 12.2 Å². The molecule has 46 heavy (non-hydrogen) atoms. The van der Waals surface area contributed by atoms with Gasteiger partial charge in [0.1, 0.15) is 28.4 Å². The molecule has 1 saturated heterocycles. The van der Waals surface area contributed by atoms with Gasteiger partial charge in [-0.25, -0.2) is 19.6 Å². The number of hydrogen-bond donors (Lipinski definition) is 3. The summed E-state index contributed by atoms with van der Waals surface area (Å²) in [5, 5.41) is 3.06. The first-order chi connectivity index (χ1) is 21.8. The fourth-order valence-electron chi connectivity index (χ4n) is 6.09. The third-order valence-corrected chi connectivity index (χ3v) is 8.49. The topological polar surface area (TPSA) is 125 Å². The normalized spacial score (nSPS) is 17.8. The van der Waals surface area contributed by atoms with E-state index in [4.69, 9.17) is 9.47 Å². The molecule has 2 amide bonds. The number of imidazole rings is 2. The van der Waals surface area contributed by atoms with E-state index in [1.807, 2.05) is 53.9 Å². The number of benzene rings is 2. The van der Waals surface area contributed by atoms with Gasteiger partial charge < -0.3 is 24.8 Å². The van der Waals surface area contributed by atoms with Crippen molar-refractivity contribution in [3.05, 3.63) is 72.6 Å². The molecular formula is C36H44N6O4. The van der Waals surface area contributed by atoms with Crippen molar-refractivity contribution in [1.29, 1.82) is 0 Å². The summed E-state index contributed by atoms with van der Waals surface area (Å²) in [5.74, 6) is 1.54. The van der Waals surface area contributed by atoms with Gasteiger partial charge in [-0.15, -0.1) is 0 Å². The van der Waals surface area contributed by atoms with Crippen molar-refractivity contribution in [3.8, 4) is 33.6 Å². The Morgan fingerprint density at radius 1 is 0.783 bits per heavy atom. The molecule has 0 spiro atoms. The van der Waals surface area contributed by atoms with Crippen LogP contribution in [0, 0.1) is 0 Å². The number of nitrogens with zero attached hydrogens (tertiary/aromatic N) is 3. The maximum atomic E-state index is 12.8. The third kappa shape index (κ3) is 6.80. The number of rotatable bonds is 6. The summed E-state index contributed by atoms with van der Waals surface area (Å²) in [7, 11) is 0. The average molecular weight is 625 g/mol. The lowest BCUT2D eigenvalue weighted by Gasteiger charge is -2.40. The summed E-state index contributed by atoms with van der Waals surface area (Å²) in [6, 6.07) is 16.6. The van der Waals surface area contributed by atoms with Crippen molar-refractivity contribution < 1.29 is 19.1 Å². The molecule has 2 fully saturated rings. The van der Waals surface area contributed by atoms with Gasteiger partial charge in [0.25, 0.3) is 0 Å². The summed E-state index contributed by atoms with van der Waals surface area (Å²) in [6.45, 7) is 11.9. The summed E-state index contributed by atoms with van der Waals surface area (Å²) >= 11 is 0. The van der Waals surface area contributed by atoms with E-state index in [1.165, 1.54) is 0 Å². The molecule has 1 aliphatic carbocycles. The highest BCUT2D eigenvalue weighted by molar-refractivity contribution is 5.72. The quantitative estimate of drug-likeness (QED) is 0.199. The molecule has 1 aliphatic heterocycles. The zero-order chi connectivity index (χ0) is 32.7. The first-order valence-electron chi connectivity index (χ1n) is 16.1. The smallest absolute Gasteiger partial charge is 0.410 e. The lowest BCUT2D eigenvalue weighted by atomic mass is 9.76. The standard InChI is InChI=1S/C36H44N6O4/c1-34(2,3)45-32(43)41-36(18-8-19-36)31-38-22-28(40-31)26-16-12-24(13-17-26)23-10-14-25(15-11-23)27-21-37-30(39-27)29-9-7-20-42(29)33(44)46-35(4,5)6/h10-17,21-22,29H,7-9,18-20H2,1-6H3,(H,37,39)(H,38,40)(H,41,43)/t29-/m0/s1. The van der Waals surface area contributed by atoms with Gasteiger partial charge in [0, 0.05) is 6.54 Å². The van der Waals surface area contributed by atoms with Crippen molar-refractivity contribution in [2.75, 3.05) is 6.54 Å². The molecular weight excluding hydrogens is 580 g/mol. The molecule has 2 aromatic carbocycles. The Bertz CT molecular complexity index is 1690. The lowest BCUT2D eigenvalue weighted by molar-refractivity contribution is 0.0218. The molecule has 1 saturated carbocycles. The number of nitrogens with one attached hydrogen (secondary N) is 3. The summed E-state index contributed by atoms with van der Waals surface area (Å²) in [6.07, 6.45) is 7.37. The van der Waals surface area contributed by atoms with Crippen LogP contribution in [-0.2, 0) is 15.0 Å². The van der Waals surface area contributed by atoms with Crippen LogP contribution in [0.1, 0.15) is 91.3 Å². The number of amides is 2. The molecule has 10 nitrogen and oxygen atoms in total. The average Bonchev–Trinajstić information content (AvgIpc) is 3.74. The van der Waals surface area contributed by atoms with E-state index in [1.54, 1.807) is 4.90 Å². The zero-order valence-corrected chi connectivity index (χ0v) is 27.6. The highest BCUT2D eigenvalue weighted by Gasteiger charge is 2.43. The van der Waals surface area contributed by atoms with E-state index in [-0.39, 0.29) is 12.1 Å². The molecule has 10 heteroatoms.